The number of hydrogen-bond acceptors (Lipinski definition) is 3. The molecule has 0 aliphatic carbocycles. The Balaban J connectivity index is 1.96. The molecule has 1 fully saturated rings. The Morgan fingerprint density at radius 1 is 1.43 bits per heavy atom. The molecule has 1 aliphatic heterocycles. The summed E-state index contributed by atoms with van der Waals surface area (Å²) in [6.45, 7) is 3.24. The molecule has 0 spiro atoms. The Hall–Kier alpha value is -1.10. The van der Waals surface area contributed by atoms with Crippen molar-refractivity contribution in [3.05, 3.63) is 28.8 Å². The maximum absolute atomic E-state index is 12.2. The van der Waals surface area contributed by atoms with E-state index in [1.807, 2.05) is 19.1 Å². The zero-order valence-corrected chi connectivity index (χ0v) is 13.2. The number of aliphatic hydroxyl groups excluding tert-OH is 1. The van der Waals surface area contributed by atoms with Crippen LogP contribution in [0.5, 0.6) is 0 Å². The smallest absolute Gasteiger partial charge is 0.238 e. The van der Waals surface area contributed by atoms with E-state index < -0.39 is 0 Å². The molecule has 21 heavy (non-hydrogen) atoms. The summed E-state index contributed by atoms with van der Waals surface area (Å²) < 4.78 is 0. The normalized spacial score (nSPS) is 20.0. The Kier molecular flexibility index (Phi) is 6.03. The molecule has 1 unspecified atom stereocenters. The lowest BCUT2D eigenvalue weighted by Crippen LogP contribution is -2.42. The molecule has 1 atom stereocenters. The second kappa shape index (κ2) is 7.78. The number of rotatable bonds is 4. The second-order valence-electron chi connectivity index (χ2n) is 5.66. The van der Waals surface area contributed by atoms with Gasteiger partial charge in [-0.3, -0.25) is 9.69 Å². The van der Waals surface area contributed by atoms with Gasteiger partial charge < -0.3 is 10.4 Å². The molecule has 0 radical (unpaired) electrons. The maximum atomic E-state index is 12.2. The fourth-order valence-electron chi connectivity index (χ4n) is 2.79. The number of nitrogens with one attached hydrogen (secondary N) is 1. The van der Waals surface area contributed by atoms with Gasteiger partial charge in [0.2, 0.25) is 5.91 Å². The number of likely N-dealkylation sites (tertiary alicyclic amines) is 1. The van der Waals surface area contributed by atoms with Gasteiger partial charge in [-0.05, 0) is 50.1 Å². The van der Waals surface area contributed by atoms with Crippen LogP contribution in [0.15, 0.2) is 18.2 Å². The lowest BCUT2D eigenvalue weighted by atomic mass is 10.1. The highest BCUT2D eigenvalue weighted by Gasteiger charge is 2.22. The number of nitrogens with zero attached hydrogens (tertiary/aromatic N) is 1. The van der Waals surface area contributed by atoms with Crippen LogP contribution in [0.25, 0.3) is 0 Å². The topological polar surface area (TPSA) is 52.6 Å². The number of benzene rings is 1. The van der Waals surface area contributed by atoms with Crippen LogP contribution >= 0.6 is 11.6 Å². The van der Waals surface area contributed by atoms with Crippen molar-refractivity contribution in [2.75, 3.05) is 25.0 Å². The van der Waals surface area contributed by atoms with Crippen LogP contribution < -0.4 is 5.32 Å². The highest BCUT2D eigenvalue weighted by atomic mass is 35.5. The molecule has 1 heterocycles. The minimum atomic E-state index is -0.0410. The van der Waals surface area contributed by atoms with Gasteiger partial charge in [-0.25, -0.2) is 0 Å². The maximum Gasteiger partial charge on any atom is 0.238 e. The van der Waals surface area contributed by atoms with Crippen molar-refractivity contribution >= 4 is 23.2 Å². The zero-order chi connectivity index (χ0) is 15.2. The van der Waals surface area contributed by atoms with E-state index in [0.29, 0.717) is 11.6 Å². The third-order valence-corrected chi connectivity index (χ3v) is 4.25. The number of carbonyl (C=O) groups excluding carboxylic acids is 1. The molecule has 2 N–H and O–H groups in total. The summed E-state index contributed by atoms with van der Waals surface area (Å²) in [6, 6.07) is 5.53. The minimum absolute atomic E-state index is 0.0410. The van der Waals surface area contributed by atoms with Crippen molar-refractivity contribution in [1.82, 2.24) is 4.90 Å². The minimum Gasteiger partial charge on any atom is -0.395 e. The third-order valence-electron chi connectivity index (χ3n) is 4.02. The van der Waals surface area contributed by atoms with Crippen LogP contribution in [0.2, 0.25) is 5.02 Å². The first-order chi connectivity index (χ1) is 10.1. The van der Waals surface area contributed by atoms with Gasteiger partial charge in [0, 0.05) is 16.8 Å². The van der Waals surface area contributed by atoms with Crippen molar-refractivity contribution in [3.8, 4) is 0 Å². The molecule has 4 nitrogen and oxygen atoms in total. The number of aliphatic hydroxyl groups is 1. The average Bonchev–Trinajstić information content (AvgIpc) is 2.67. The van der Waals surface area contributed by atoms with E-state index in [9.17, 15) is 9.90 Å². The molecule has 1 aliphatic rings. The molecule has 0 aromatic heterocycles. The van der Waals surface area contributed by atoms with E-state index in [1.54, 1.807) is 6.07 Å². The van der Waals surface area contributed by atoms with Gasteiger partial charge in [0.05, 0.1) is 13.2 Å². The first-order valence-electron chi connectivity index (χ1n) is 7.51. The van der Waals surface area contributed by atoms with E-state index in [0.717, 1.165) is 37.1 Å². The zero-order valence-electron chi connectivity index (χ0n) is 12.4. The van der Waals surface area contributed by atoms with Crippen molar-refractivity contribution in [1.29, 1.82) is 0 Å². The molecule has 1 amide bonds. The number of hydrogen-bond donors (Lipinski definition) is 2. The first-order valence-corrected chi connectivity index (χ1v) is 7.89. The van der Waals surface area contributed by atoms with Crippen LogP contribution in [0.1, 0.15) is 31.2 Å². The Morgan fingerprint density at radius 3 is 2.95 bits per heavy atom. The number of aryl methyl sites for hydroxylation is 1. The second-order valence-corrected chi connectivity index (χ2v) is 6.10. The summed E-state index contributed by atoms with van der Waals surface area (Å²) in [5, 5.41) is 13.1. The quantitative estimate of drug-likeness (QED) is 0.899. The molecule has 2 rings (SSSR count). The molecular formula is C16H23ClN2O2. The number of carbonyl (C=O) groups is 1. The van der Waals surface area contributed by atoms with Gasteiger partial charge in [-0.1, -0.05) is 24.4 Å². The van der Waals surface area contributed by atoms with E-state index in [-0.39, 0.29) is 18.6 Å². The van der Waals surface area contributed by atoms with E-state index >= 15 is 0 Å². The molecule has 1 aromatic carbocycles. The molecule has 5 heteroatoms. The van der Waals surface area contributed by atoms with Crippen molar-refractivity contribution < 1.29 is 9.90 Å². The predicted molar refractivity (Wildman–Crippen MR) is 85.7 cm³/mol. The third kappa shape index (κ3) is 4.70. The van der Waals surface area contributed by atoms with E-state index in [1.165, 1.54) is 6.42 Å². The van der Waals surface area contributed by atoms with Gasteiger partial charge in [-0.15, -0.1) is 0 Å². The number of amides is 1. The summed E-state index contributed by atoms with van der Waals surface area (Å²) in [4.78, 5) is 14.3. The summed E-state index contributed by atoms with van der Waals surface area (Å²) in [7, 11) is 0. The van der Waals surface area contributed by atoms with Crippen LogP contribution in [0.3, 0.4) is 0 Å². The Labute approximate surface area is 131 Å². The monoisotopic (exact) mass is 310 g/mol. The summed E-state index contributed by atoms with van der Waals surface area (Å²) >= 11 is 5.92. The van der Waals surface area contributed by atoms with Gasteiger partial charge in [0.1, 0.15) is 0 Å². The highest BCUT2D eigenvalue weighted by molar-refractivity contribution is 6.30. The van der Waals surface area contributed by atoms with E-state index in [4.69, 9.17) is 11.6 Å². The van der Waals surface area contributed by atoms with Crippen molar-refractivity contribution in [3.63, 3.8) is 0 Å². The molecule has 0 bridgehead atoms. The molecule has 1 aromatic rings. The van der Waals surface area contributed by atoms with Crippen LogP contribution in [-0.4, -0.2) is 41.7 Å². The number of halogens is 1. The Bertz CT molecular complexity index is 493. The molecule has 1 saturated heterocycles. The Morgan fingerprint density at radius 2 is 2.24 bits per heavy atom. The van der Waals surface area contributed by atoms with Gasteiger partial charge in [0.15, 0.2) is 0 Å². The fraction of sp³-hybridized carbons (Fsp3) is 0.562. The van der Waals surface area contributed by atoms with Crippen LogP contribution in [0.4, 0.5) is 5.69 Å². The summed E-state index contributed by atoms with van der Waals surface area (Å²) in [5.74, 6) is -0.0410. The highest BCUT2D eigenvalue weighted by Crippen LogP contribution is 2.20. The molecular weight excluding hydrogens is 288 g/mol. The van der Waals surface area contributed by atoms with Crippen molar-refractivity contribution in [2.24, 2.45) is 0 Å². The lowest BCUT2D eigenvalue weighted by Gasteiger charge is -2.27. The molecule has 0 saturated carbocycles. The van der Waals surface area contributed by atoms with Gasteiger partial charge in [0.25, 0.3) is 0 Å². The van der Waals surface area contributed by atoms with Crippen LogP contribution in [0, 0.1) is 6.92 Å². The lowest BCUT2D eigenvalue weighted by molar-refractivity contribution is -0.118. The average molecular weight is 311 g/mol. The van der Waals surface area contributed by atoms with Gasteiger partial charge >= 0.3 is 0 Å². The largest absolute Gasteiger partial charge is 0.395 e. The summed E-state index contributed by atoms with van der Waals surface area (Å²) in [5.41, 5.74) is 1.74. The number of anilines is 1. The fourth-order valence-corrected chi connectivity index (χ4v) is 3.02. The van der Waals surface area contributed by atoms with E-state index in [2.05, 4.69) is 10.2 Å². The summed E-state index contributed by atoms with van der Waals surface area (Å²) in [6.07, 6.45) is 4.35. The molecule has 116 valence electrons. The van der Waals surface area contributed by atoms with Gasteiger partial charge in [-0.2, -0.15) is 0 Å². The van der Waals surface area contributed by atoms with Crippen LogP contribution in [-0.2, 0) is 4.79 Å². The standard InChI is InChI=1S/C16H23ClN2O2/c1-12-9-13(17)6-7-15(12)18-16(21)10-19-8-4-2-3-5-14(19)11-20/h6-7,9,14,20H,2-5,8,10-11H2,1H3,(H,18,21). The van der Waals surface area contributed by atoms with Crippen molar-refractivity contribution in [2.45, 2.75) is 38.6 Å². The predicted octanol–water partition coefficient (Wildman–Crippen LogP) is 2.82. The first kappa shape index (κ1) is 16.3. The SMILES string of the molecule is Cc1cc(Cl)ccc1NC(=O)CN1CCCCCC1CO.